The molecular formula is C13H9BrN4O3. The Morgan fingerprint density at radius 2 is 2.19 bits per heavy atom. The van der Waals surface area contributed by atoms with E-state index in [2.05, 4.69) is 31.5 Å². The molecule has 0 aliphatic carbocycles. The summed E-state index contributed by atoms with van der Waals surface area (Å²) in [5.41, 5.74) is 3.14. The second-order valence-corrected chi connectivity index (χ2v) is 5.27. The van der Waals surface area contributed by atoms with E-state index in [4.69, 9.17) is 4.52 Å². The van der Waals surface area contributed by atoms with Gasteiger partial charge in [0.15, 0.2) is 0 Å². The first kappa shape index (κ1) is 13.5. The lowest BCUT2D eigenvalue weighted by molar-refractivity contribution is 0.0972. The molecule has 0 radical (unpaired) electrons. The summed E-state index contributed by atoms with van der Waals surface area (Å²) in [6.07, 6.45) is 1.25. The van der Waals surface area contributed by atoms with E-state index >= 15 is 0 Å². The van der Waals surface area contributed by atoms with Crippen LogP contribution in [0, 0.1) is 6.92 Å². The molecule has 1 amide bonds. The lowest BCUT2D eigenvalue weighted by atomic mass is 10.2. The molecule has 2 heterocycles. The number of benzene rings is 1. The van der Waals surface area contributed by atoms with Gasteiger partial charge in [-0.3, -0.25) is 15.0 Å². The number of fused-ring (bicyclic) bond motifs is 1. The zero-order valence-corrected chi connectivity index (χ0v) is 12.4. The number of carbonyl (C=O) groups excluding carboxylic acids is 1. The van der Waals surface area contributed by atoms with E-state index in [1.54, 1.807) is 25.1 Å². The van der Waals surface area contributed by atoms with Gasteiger partial charge in [0.25, 0.3) is 5.56 Å². The largest absolute Gasteiger partial charge is 0.351 e. The molecule has 3 rings (SSSR count). The molecule has 0 saturated heterocycles. The van der Waals surface area contributed by atoms with Crippen molar-refractivity contribution >= 4 is 32.7 Å². The second-order valence-electron chi connectivity index (χ2n) is 4.35. The molecule has 1 N–H and O–H groups in total. The quantitative estimate of drug-likeness (QED) is 0.763. The monoisotopic (exact) mass is 348 g/mol. The van der Waals surface area contributed by atoms with Gasteiger partial charge >= 0.3 is 5.91 Å². The van der Waals surface area contributed by atoms with E-state index in [1.165, 1.54) is 12.4 Å². The molecular weight excluding hydrogens is 340 g/mol. The molecule has 0 unspecified atom stereocenters. The summed E-state index contributed by atoms with van der Waals surface area (Å²) in [4.78, 5) is 28.4. The molecule has 0 saturated carbocycles. The third-order valence-electron chi connectivity index (χ3n) is 2.79. The highest BCUT2D eigenvalue weighted by Gasteiger charge is 2.13. The van der Waals surface area contributed by atoms with Crippen molar-refractivity contribution in [2.75, 3.05) is 5.43 Å². The van der Waals surface area contributed by atoms with Crippen LogP contribution >= 0.6 is 15.9 Å². The Labute approximate surface area is 126 Å². The fraction of sp³-hybridized carbons (Fsp3) is 0.0769. The van der Waals surface area contributed by atoms with Crippen molar-refractivity contribution in [3.63, 3.8) is 0 Å². The first-order valence-corrected chi connectivity index (χ1v) is 6.75. The standard InChI is InChI=1S/C13H9BrN4O3/c1-7-4-11(21-17-7)12(19)16-18-6-15-10-3-2-8(14)5-9(10)13(18)20/h2-6H,1H3,(H,16,19). The van der Waals surface area contributed by atoms with E-state index in [-0.39, 0.29) is 11.3 Å². The number of hydrogen-bond acceptors (Lipinski definition) is 5. The molecule has 0 spiro atoms. The SMILES string of the molecule is Cc1cc(C(=O)Nn2cnc3ccc(Br)cc3c2=O)on1. The molecule has 106 valence electrons. The highest BCUT2D eigenvalue weighted by molar-refractivity contribution is 9.10. The molecule has 2 aromatic heterocycles. The lowest BCUT2D eigenvalue weighted by Crippen LogP contribution is -2.33. The van der Waals surface area contributed by atoms with Crippen LogP contribution in [0.2, 0.25) is 0 Å². The number of halogens is 1. The molecule has 0 fully saturated rings. The van der Waals surface area contributed by atoms with E-state index in [0.717, 1.165) is 9.15 Å². The number of nitrogens with one attached hydrogen (secondary N) is 1. The molecule has 0 aliphatic heterocycles. The first-order chi connectivity index (χ1) is 10.0. The average Bonchev–Trinajstić information content (AvgIpc) is 2.89. The molecule has 0 bridgehead atoms. The summed E-state index contributed by atoms with van der Waals surface area (Å²) in [5.74, 6) is -0.553. The number of amides is 1. The number of carbonyl (C=O) groups is 1. The lowest BCUT2D eigenvalue weighted by Gasteiger charge is -2.06. The predicted octanol–water partition coefficient (Wildman–Crippen LogP) is 1.84. The normalized spacial score (nSPS) is 10.8. The van der Waals surface area contributed by atoms with Crippen LogP contribution in [0.15, 0.2) is 44.4 Å². The van der Waals surface area contributed by atoms with Crippen LogP contribution in [0.3, 0.4) is 0 Å². The van der Waals surface area contributed by atoms with Gasteiger partial charge in [0.05, 0.1) is 16.6 Å². The van der Waals surface area contributed by atoms with Crippen molar-refractivity contribution in [3.05, 3.63) is 56.9 Å². The summed E-state index contributed by atoms with van der Waals surface area (Å²) in [7, 11) is 0. The fourth-order valence-corrected chi connectivity index (χ4v) is 2.17. The smallest absolute Gasteiger partial charge is 0.308 e. The van der Waals surface area contributed by atoms with Crippen LogP contribution < -0.4 is 11.0 Å². The molecule has 8 heteroatoms. The minimum atomic E-state index is -0.575. The van der Waals surface area contributed by atoms with Crippen LogP contribution in [0.1, 0.15) is 16.2 Å². The van der Waals surface area contributed by atoms with Gasteiger partial charge < -0.3 is 4.52 Å². The Kier molecular flexibility index (Phi) is 3.30. The molecule has 1 aromatic carbocycles. The van der Waals surface area contributed by atoms with Crippen LogP contribution in [0.25, 0.3) is 10.9 Å². The van der Waals surface area contributed by atoms with Crippen molar-refractivity contribution in [3.8, 4) is 0 Å². The van der Waals surface area contributed by atoms with Gasteiger partial charge in [-0.15, -0.1) is 0 Å². The Morgan fingerprint density at radius 3 is 2.90 bits per heavy atom. The zero-order valence-electron chi connectivity index (χ0n) is 10.8. The van der Waals surface area contributed by atoms with Crippen molar-refractivity contribution in [1.29, 1.82) is 0 Å². The fourth-order valence-electron chi connectivity index (χ4n) is 1.81. The molecule has 3 aromatic rings. The van der Waals surface area contributed by atoms with Crippen molar-refractivity contribution in [2.24, 2.45) is 0 Å². The Hall–Kier alpha value is -2.48. The van der Waals surface area contributed by atoms with E-state index in [0.29, 0.717) is 16.6 Å². The Bertz CT molecular complexity index is 900. The van der Waals surface area contributed by atoms with Gasteiger partial charge in [0, 0.05) is 10.5 Å². The van der Waals surface area contributed by atoms with E-state index in [1.807, 2.05) is 0 Å². The number of rotatable bonds is 2. The maximum Gasteiger partial charge on any atom is 0.308 e. The molecule has 7 nitrogen and oxygen atoms in total. The molecule has 0 atom stereocenters. The predicted molar refractivity (Wildman–Crippen MR) is 78.6 cm³/mol. The van der Waals surface area contributed by atoms with Gasteiger partial charge in [-0.2, -0.15) is 0 Å². The van der Waals surface area contributed by atoms with E-state index in [9.17, 15) is 9.59 Å². The minimum absolute atomic E-state index is 0.0220. The summed E-state index contributed by atoms with van der Waals surface area (Å²) < 4.78 is 6.60. The Balaban J connectivity index is 1.99. The highest BCUT2D eigenvalue weighted by Crippen LogP contribution is 2.14. The zero-order chi connectivity index (χ0) is 15.0. The first-order valence-electron chi connectivity index (χ1n) is 5.96. The van der Waals surface area contributed by atoms with Crippen LogP contribution in [-0.4, -0.2) is 20.7 Å². The third kappa shape index (κ3) is 2.57. The summed E-state index contributed by atoms with van der Waals surface area (Å²) >= 11 is 3.29. The molecule has 21 heavy (non-hydrogen) atoms. The van der Waals surface area contributed by atoms with Gasteiger partial charge in [-0.1, -0.05) is 21.1 Å². The average molecular weight is 349 g/mol. The highest BCUT2D eigenvalue weighted by atomic mass is 79.9. The summed E-state index contributed by atoms with van der Waals surface area (Å²) in [6.45, 7) is 1.70. The van der Waals surface area contributed by atoms with Gasteiger partial charge in [0.2, 0.25) is 5.76 Å². The van der Waals surface area contributed by atoms with Crippen molar-refractivity contribution in [2.45, 2.75) is 6.92 Å². The number of aromatic nitrogens is 3. The van der Waals surface area contributed by atoms with E-state index < -0.39 is 5.91 Å². The minimum Gasteiger partial charge on any atom is -0.351 e. The summed E-state index contributed by atoms with van der Waals surface area (Å²) in [6, 6.07) is 6.62. The van der Waals surface area contributed by atoms with Crippen LogP contribution in [0.5, 0.6) is 0 Å². The maximum absolute atomic E-state index is 12.3. The number of nitrogens with zero attached hydrogens (tertiary/aromatic N) is 3. The maximum atomic E-state index is 12.3. The summed E-state index contributed by atoms with van der Waals surface area (Å²) in [5, 5.41) is 4.01. The topological polar surface area (TPSA) is 90.0 Å². The number of hydrogen-bond donors (Lipinski definition) is 1. The van der Waals surface area contributed by atoms with Gasteiger partial charge in [-0.25, -0.2) is 9.66 Å². The molecule has 0 aliphatic rings. The Morgan fingerprint density at radius 1 is 1.38 bits per heavy atom. The van der Waals surface area contributed by atoms with Gasteiger partial charge in [-0.05, 0) is 25.1 Å². The van der Waals surface area contributed by atoms with Crippen molar-refractivity contribution < 1.29 is 9.32 Å². The third-order valence-corrected chi connectivity index (χ3v) is 3.29. The number of aryl methyl sites for hydroxylation is 1. The van der Waals surface area contributed by atoms with Crippen LogP contribution in [-0.2, 0) is 0 Å². The van der Waals surface area contributed by atoms with Crippen molar-refractivity contribution in [1.82, 2.24) is 14.8 Å². The van der Waals surface area contributed by atoms with Gasteiger partial charge in [0.1, 0.15) is 6.33 Å². The second kappa shape index (κ2) is 5.13. The van der Waals surface area contributed by atoms with Crippen LogP contribution in [0.4, 0.5) is 0 Å².